The van der Waals surface area contributed by atoms with E-state index in [1.165, 1.54) is 0 Å². The molecular weight excluding hydrogens is 228 g/mol. The van der Waals surface area contributed by atoms with Crippen LogP contribution in [-0.4, -0.2) is 17.2 Å². The first-order valence-electron chi connectivity index (χ1n) is 6.35. The molecule has 0 fully saturated rings. The topological polar surface area (TPSA) is 46.5 Å². The van der Waals surface area contributed by atoms with Gasteiger partial charge in [0.15, 0.2) is 0 Å². The van der Waals surface area contributed by atoms with Crippen molar-refractivity contribution in [2.24, 2.45) is 5.92 Å². The highest BCUT2D eigenvalue weighted by Gasteiger charge is 2.13. The van der Waals surface area contributed by atoms with Crippen molar-refractivity contribution < 1.29 is 14.6 Å². The van der Waals surface area contributed by atoms with Gasteiger partial charge >= 0.3 is 5.97 Å². The molecule has 1 aromatic rings. The zero-order valence-electron chi connectivity index (χ0n) is 11.5. The van der Waals surface area contributed by atoms with E-state index in [9.17, 15) is 4.79 Å². The lowest BCUT2D eigenvalue weighted by molar-refractivity contribution is -0.138. The molecule has 0 saturated heterocycles. The van der Waals surface area contributed by atoms with E-state index in [0.29, 0.717) is 12.5 Å². The maximum Gasteiger partial charge on any atom is 0.310 e. The maximum atomic E-state index is 10.8. The molecule has 1 N–H and O–H groups in total. The smallest absolute Gasteiger partial charge is 0.310 e. The Bertz CT molecular complexity index is 381. The molecule has 0 saturated carbocycles. The van der Waals surface area contributed by atoms with Gasteiger partial charge in [-0.2, -0.15) is 0 Å². The summed E-state index contributed by atoms with van der Waals surface area (Å²) < 4.78 is 5.72. The van der Waals surface area contributed by atoms with Crippen LogP contribution in [0.2, 0.25) is 0 Å². The van der Waals surface area contributed by atoms with Gasteiger partial charge in [-0.3, -0.25) is 4.79 Å². The molecule has 0 bridgehead atoms. The lowest BCUT2D eigenvalue weighted by Gasteiger charge is -2.16. The van der Waals surface area contributed by atoms with Crippen molar-refractivity contribution in [3.8, 4) is 0 Å². The van der Waals surface area contributed by atoms with Gasteiger partial charge in [0.1, 0.15) is 0 Å². The third-order valence-corrected chi connectivity index (χ3v) is 3.30. The molecule has 1 aromatic carbocycles. The SMILES string of the molecule is CC(C(=O)O)c1ccc(COC(C)C(C)C)cc1. The van der Waals surface area contributed by atoms with Gasteiger partial charge in [0, 0.05) is 0 Å². The Morgan fingerprint density at radius 1 is 1.17 bits per heavy atom. The summed E-state index contributed by atoms with van der Waals surface area (Å²) in [6, 6.07) is 7.58. The number of rotatable bonds is 6. The fourth-order valence-corrected chi connectivity index (χ4v) is 1.47. The van der Waals surface area contributed by atoms with Gasteiger partial charge in [0.2, 0.25) is 0 Å². The van der Waals surface area contributed by atoms with Crippen LogP contribution in [0.15, 0.2) is 24.3 Å². The van der Waals surface area contributed by atoms with Crippen molar-refractivity contribution in [3.05, 3.63) is 35.4 Å². The molecule has 0 aromatic heterocycles. The van der Waals surface area contributed by atoms with Crippen LogP contribution in [0, 0.1) is 5.92 Å². The van der Waals surface area contributed by atoms with E-state index >= 15 is 0 Å². The molecule has 0 aliphatic rings. The second kappa shape index (κ2) is 6.55. The van der Waals surface area contributed by atoms with Crippen LogP contribution < -0.4 is 0 Å². The van der Waals surface area contributed by atoms with Crippen molar-refractivity contribution in [1.82, 2.24) is 0 Å². The summed E-state index contributed by atoms with van der Waals surface area (Å²) >= 11 is 0. The molecule has 0 amide bonds. The van der Waals surface area contributed by atoms with E-state index in [0.717, 1.165) is 11.1 Å². The minimum Gasteiger partial charge on any atom is -0.481 e. The van der Waals surface area contributed by atoms with Crippen LogP contribution in [0.1, 0.15) is 44.7 Å². The number of carboxylic acids is 1. The molecule has 0 radical (unpaired) electrons. The second-order valence-corrected chi connectivity index (χ2v) is 5.06. The normalized spacial score (nSPS) is 14.5. The summed E-state index contributed by atoms with van der Waals surface area (Å²) in [5.41, 5.74) is 1.90. The highest BCUT2D eigenvalue weighted by atomic mass is 16.5. The number of carboxylic acid groups (broad SMARTS) is 1. The summed E-state index contributed by atoms with van der Waals surface area (Å²) in [4.78, 5) is 10.8. The molecule has 1 rings (SSSR count). The number of ether oxygens (including phenoxy) is 1. The number of aliphatic carboxylic acids is 1. The van der Waals surface area contributed by atoms with E-state index in [2.05, 4.69) is 20.8 Å². The lowest BCUT2D eigenvalue weighted by atomic mass is 10.0. The molecule has 3 heteroatoms. The Labute approximate surface area is 109 Å². The van der Waals surface area contributed by atoms with E-state index in [1.54, 1.807) is 6.92 Å². The standard InChI is InChI=1S/C15H22O3/c1-10(2)12(4)18-9-13-5-7-14(8-6-13)11(3)15(16)17/h5-8,10-12H,9H2,1-4H3,(H,16,17). The van der Waals surface area contributed by atoms with Gasteiger partial charge in [-0.05, 0) is 30.9 Å². The fraction of sp³-hybridized carbons (Fsp3) is 0.533. The van der Waals surface area contributed by atoms with Crippen molar-refractivity contribution in [2.75, 3.05) is 0 Å². The van der Waals surface area contributed by atoms with E-state index in [4.69, 9.17) is 9.84 Å². The molecule has 2 unspecified atom stereocenters. The molecular formula is C15H22O3. The average Bonchev–Trinajstić information content (AvgIpc) is 2.35. The summed E-state index contributed by atoms with van der Waals surface area (Å²) in [6.45, 7) is 8.58. The molecule has 0 spiro atoms. The zero-order valence-corrected chi connectivity index (χ0v) is 11.5. The van der Waals surface area contributed by atoms with Crippen LogP contribution in [0.5, 0.6) is 0 Å². The Kier molecular flexibility index (Phi) is 5.35. The van der Waals surface area contributed by atoms with Crippen LogP contribution in [-0.2, 0) is 16.1 Å². The van der Waals surface area contributed by atoms with Crippen LogP contribution in [0.4, 0.5) is 0 Å². The first-order valence-corrected chi connectivity index (χ1v) is 6.35. The number of hydrogen-bond donors (Lipinski definition) is 1. The first-order chi connectivity index (χ1) is 8.41. The lowest BCUT2D eigenvalue weighted by Crippen LogP contribution is -2.15. The number of benzene rings is 1. The largest absolute Gasteiger partial charge is 0.481 e. The zero-order chi connectivity index (χ0) is 13.7. The molecule has 0 aliphatic heterocycles. The van der Waals surface area contributed by atoms with Crippen molar-refractivity contribution in [2.45, 2.75) is 46.3 Å². The van der Waals surface area contributed by atoms with E-state index in [-0.39, 0.29) is 6.10 Å². The third kappa shape index (κ3) is 4.15. The average molecular weight is 250 g/mol. The predicted molar refractivity (Wildman–Crippen MR) is 71.6 cm³/mol. The quantitative estimate of drug-likeness (QED) is 0.841. The molecule has 18 heavy (non-hydrogen) atoms. The van der Waals surface area contributed by atoms with Gasteiger partial charge in [0.25, 0.3) is 0 Å². The van der Waals surface area contributed by atoms with Crippen molar-refractivity contribution in [3.63, 3.8) is 0 Å². The molecule has 0 aliphatic carbocycles. The Balaban J connectivity index is 2.58. The fourth-order valence-electron chi connectivity index (χ4n) is 1.47. The Hall–Kier alpha value is -1.35. The van der Waals surface area contributed by atoms with Gasteiger partial charge in [-0.15, -0.1) is 0 Å². The maximum absolute atomic E-state index is 10.8. The monoisotopic (exact) mass is 250 g/mol. The van der Waals surface area contributed by atoms with Crippen LogP contribution in [0.3, 0.4) is 0 Å². The highest BCUT2D eigenvalue weighted by molar-refractivity contribution is 5.75. The summed E-state index contributed by atoms with van der Waals surface area (Å²) in [5, 5.41) is 8.92. The summed E-state index contributed by atoms with van der Waals surface area (Å²) in [5.74, 6) is -0.765. The number of hydrogen-bond acceptors (Lipinski definition) is 2. The molecule has 100 valence electrons. The van der Waals surface area contributed by atoms with E-state index < -0.39 is 11.9 Å². The molecule has 3 nitrogen and oxygen atoms in total. The summed E-state index contributed by atoms with van der Waals surface area (Å²) in [7, 11) is 0. The molecule has 2 atom stereocenters. The number of carbonyl (C=O) groups is 1. The van der Waals surface area contributed by atoms with Gasteiger partial charge < -0.3 is 9.84 Å². The minimum atomic E-state index is -0.799. The third-order valence-electron chi connectivity index (χ3n) is 3.30. The Morgan fingerprint density at radius 3 is 2.17 bits per heavy atom. The van der Waals surface area contributed by atoms with Gasteiger partial charge in [-0.1, -0.05) is 38.1 Å². The second-order valence-electron chi connectivity index (χ2n) is 5.06. The van der Waals surface area contributed by atoms with Gasteiger partial charge in [0.05, 0.1) is 18.6 Å². The van der Waals surface area contributed by atoms with E-state index in [1.807, 2.05) is 24.3 Å². The Morgan fingerprint density at radius 2 is 1.72 bits per heavy atom. The molecule has 0 heterocycles. The predicted octanol–water partition coefficient (Wildman–Crippen LogP) is 3.44. The van der Waals surface area contributed by atoms with Crippen molar-refractivity contribution >= 4 is 5.97 Å². The highest BCUT2D eigenvalue weighted by Crippen LogP contribution is 2.17. The van der Waals surface area contributed by atoms with Crippen LogP contribution >= 0.6 is 0 Å². The van der Waals surface area contributed by atoms with Crippen molar-refractivity contribution in [1.29, 1.82) is 0 Å². The summed E-state index contributed by atoms with van der Waals surface area (Å²) in [6.07, 6.45) is 0.225. The van der Waals surface area contributed by atoms with Crippen LogP contribution in [0.25, 0.3) is 0 Å². The van der Waals surface area contributed by atoms with Gasteiger partial charge in [-0.25, -0.2) is 0 Å². The minimum absolute atomic E-state index is 0.225. The first kappa shape index (κ1) is 14.7.